The fraction of sp³-hybridized carbons (Fsp3) is 0.778. The van der Waals surface area contributed by atoms with Crippen LogP contribution in [0.3, 0.4) is 0 Å². The molecule has 0 aliphatic carbocycles. The maximum absolute atomic E-state index is 11.1. The van der Waals surface area contributed by atoms with Crippen LogP contribution in [0, 0.1) is 0 Å². The van der Waals surface area contributed by atoms with E-state index in [0.29, 0.717) is 5.75 Å². The van der Waals surface area contributed by atoms with Crippen molar-refractivity contribution >= 4 is 23.6 Å². The first-order valence-electron chi connectivity index (χ1n) is 4.67. The van der Waals surface area contributed by atoms with Gasteiger partial charge in [0.2, 0.25) is 5.91 Å². The third kappa shape index (κ3) is 6.77. The minimum absolute atomic E-state index is 0.207. The van der Waals surface area contributed by atoms with Crippen molar-refractivity contribution in [3.8, 4) is 0 Å². The molecule has 0 aromatic rings. The Morgan fingerprint density at radius 3 is 2.64 bits per heavy atom. The highest BCUT2D eigenvalue weighted by Crippen LogP contribution is 2.03. The first-order chi connectivity index (χ1) is 6.57. The summed E-state index contributed by atoms with van der Waals surface area (Å²) in [6.07, 6.45) is 2.20. The topological polar surface area (TPSA) is 66.4 Å². The molecule has 4 nitrogen and oxygen atoms in total. The molecule has 0 fully saturated rings. The average Bonchev–Trinajstić information content (AvgIpc) is 2.12. The van der Waals surface area contributed by atoms with Crippen molar-refractivity contribution in [3.63, 3.8) is 0 Å². The number of hydrogen-bond acceptors (Lipinski definition) is 3. The predicted molar refractivity (Wildman–Crippen MR) is 57.5 cm³/mol. The van der Waals surface area contributed by atoms with Crippen LogP contribution in [-0.2, 0) is 9.59 Å². The molecule has 0 bridgehead atoms. The van der Waals surface area contributed by atoms with E-state index in [1.54, 1.807) is 0 Å². The Labute approximate surface area is 88.4 Å². The lowest BCUT2D eigenvalue weighted by molar-refractivity contribution is -0.140. The van der Waals surface area contributed by atoms with Gasteiger partial charge in [0.15, 0.2) is 0 Å². The standard InChI is InChI=1S/C9H17NO3S/c1-3-4-5-14-6-8(11)10-7(2)9(12)13/h7H,3-6H2,1-2H3,(H,10,11)(H,12,13)/t7-/m1/s1. The Morgan fingerprint density at radius 1 is 1.50 bits per heavy atom. The predicted octanol–water partition coefficient (Wildman–Crippen LogP) is 1.11. The molecule has 5 heteroatoms. The van der Waals surface area contributed by atoms with E-state index >= 15 is 0 Å². The third-order valence-corrected chi connectivity index (χ3v) is 2.67. The number of unbranched alkanes of at least 4 members (excludes halogenated alkanes) is 1. The van der Waals surface area contributed by atoms with E-state index in [-0.39, 0.29) is 5.91 Å². The van der Waals surface area contributed by atoms with Crippen molar-refractivity contribution in [2.45, 2.75) is 32.7 Å². The van der Waals surface area contributed by atoms with Gasteiger partial charge in [-0.3, -0.25) is 9.59 Å². The third-order valence-electron chi connectivity index (χ3n) is 1.62. The smallest absolute Gasteiger partial charge is 0.325 e. The lowest BCUT2D eigenvalue weighted by Crippen LogP contribution is -2.39. The minimum atomic E-state index is -1.00. The Kier molecular flexibility index (Phi) is 7.28. The normalized spacial score (nSPS) is 12.1. The van der Waals surface area contributed by atoms with E-state index in [0.717, 1.165) is 18.6 Å². The summed E-state index contributed by atoms with van der Waals surface area (Å²) in [4.78, 5) is 21.5. The summed E-state index contributed by atoms with van der Waals surface area (Å²) >= 11 is 1.53. The highest BCUT2D eigenvalue weighted by molar-refractivity contribution is 7.99. The molecule has 1 atom stereocenters. The number of amides is 1. The molecule has 0 saturated heterocycles. The summed E-state index contributed by atoms with van der Waals surface area (Å²) in [5.74, 6) is 0.0844. The molecule has 0 unspecified atom stereocenters. The van der Waals surface area contributed by atoms with Gasteiger partial charge in [0.1, 0.15) is 6.04 Å². The number of hydrogen-bond donors (Lipinski definition) is 2. The molecule has 0 aliphatic rings. The van der Waals surface area contributed by atoms with Gasteiger partial charge in [-0.2, -0.15) is 11.8 Å². The molecule has 0 aromatic carbocycles. The lowest BCUT2D eigenvalue weighted by Gasteiger charge is -2.08. The fourth-order valence-electron chi connectivity index (χ4n) is 0.756. The molecule has 0 heterocycles. The molecule has 0 rings (SSSR count). The monoisotopic (exact) mass is 219 g/mol. The van der Waals surface area contributed by atoms with Crippen molar-refractivity contribution in [2.24, 2.45) is 0 Å². The van der Waals surface area contributed by atoms with Gasteiger partial charge < -0.3 is 10.4 Å². The number of nitrogens with one attached hydrogen (secondary N) is 1. The first kappa shape index (κ1) is 13.3. The van der Waals surface area contributed by atoms with Crippen molar-refractivity contribution in [3.05, 3.63) is 0 Å². The summed E-state index contributed by atoms with van der Waals surface area (Å²) in [6, 6.07) is -0.797. The largest absolute Gasteiger partial charge is 0.480 e. The zero-order valence-electron chi connectivity index (χ0n) is 8.58. The quantitative estimate of drug-likeness (QED) is 0.629. The second-order valence-corrected chi connectivity index (χ2v) is 4.14. The van der Waals surface area contributed by atoms with E-state index < -0.39 is 12.0 Å². The van der Waals surface area contributed by atoms with E-state index in [2.05, 4.69) is 12.2 Å². The Balaban J connectivity index is 3.50. The molecular formula is C9H17NO3S. The number of aliphatic carboxylic acids is 1. The second-order valence-electron chi connectivity index (χ2n) is 3.03. The van der Waals surface area contributed by atoms with E-state index in [9.17, 15) is 9.59 Å². The number of carboxylic acid groups (broad SMARTS) is 1. The molecule has 0 aliphatic heterocycles. The van der Waals surface area contributed by atoms with Gasteiger partial charge in [-0.15, -0.1) is 0 Å². The Bertz CT molecular complexity index is 196. The summed E-state index contributed by atoms with van der Waals surface area (Å²) < 4.78 is 0. The number of rotatable bonds is 7. The molecule has 14 heavy (non-hydrogen) atoms. The van der Waals surface area contributed by atoms with Crippen molar-refractivity contribution in [1.29, 1.82) is 0 Å². The average molecular weight is 219 g/mol. The SMILES string of the molecule is CCCCSCC(=O)N[C@H](C)C(=O)O. The van der Waals surface area contributed by atoms with Crippen molar-refractivity contribution in [2.75, 3.05) is 11.5 Å². The number of carbonyl (C=O) groups excluding carboxylic acids is 1. The van der Waals surface area contributed by atoms with Crippen molar-refractivity contribution < 1.29 is 14.7 Å². The maximum Gasteiger partial charge on any atom is 0.325 e. The molecule has 0 aromatic heterocycles. The van der Waals surface area contributed by atoms with Crippen LogP contribution in [0.2, 0.25) is 0 Å². The van der Waals surface area contributed by atoms with Crippen molar-refractivity contribution in [1.82, 2.24) is 5.32 Å². The second kappa shape index (κ2) is 7.67. The zero-order chi connectivity index (χ0) is 11.0. The maximum atomic E-state index is 11.1. The summed E-state index contributed by atoms with van der Waals surface area (Å²) in [6.45, 7) is 3.55. The molecular weight excluding hydrogens is 202 g/mol. The van der Waals surface area contributed by atoms with Gasteiger partial charge in [0, 0.05) is 0 Å². The van der Waals surface area contributed by atoms with Crippen LogP contribution in [0.15, 0.2) is 0 Å². The van der Waals surface area contributed by atoms with E-state index in [1.807, 2.05) is 0 Å². The van der Waals surface area contributed by atoms with Gasteiger partial charge in [-0.1, -0.05) is 13.3 Å². The van der Waals surface area contributed by atoms with Gasteiger partial charge in [0.05, 0.1) is 5.75 Å². The van der Waals surface area contributed by atoms with Gasteiger partial charge in [-0.05, 0) is 19.1 Å². The van der Waals surface area contributed by atoms with Gasteiger partial charge in [0.25, 0.3) is 0 Å². The molecule has 82 valence electrons. The van der Waals surface area contributed by atoms with Gasteiger partial charge >= 0.3 is 5.97 Å². The summed E-state index contributed by atoms with van der Waals surface area (Å²) in [7, 11) is 0. The summed E-state index contributed by atoms with van der Waals surface area (Å²) in [5, 5.41) is 10.9. The molecule has 2 N–H and O–H groups in total. The molecule has 1 amide bonds. The van der Waals surface area contributed by atoms with Crippen LogP contribution in [0.1, 0.15) is 26.7 Å². The molecule has 0 saturated carbocycles. The summed E-state index contributed by atoms with van der Waals surface area (Å²) in [5.41, 5.74) is 0. The fourth-order valence-corrected chi connectivity index (χ4v) is 1.66. The van der Waals surface area contributed by atoms with Crippen LogP contribution in [0.5, 0.6) is 0 Å². The van der Waals surface area contributed by atoms with Crippen LogP contribution in [-0.4, -0.2) is 34.5 Å². The Morgan fingerprint density at radius 2 is 2.14 bits per heavy atom. The highest BCUT2D eigenvalue weighted by Gasteiger charge is 2.13. The lowest BCUT2D eigenvalue weighted by atomic mass is 10.3. The molecule has 0 radical (unpaired) electrons. The van der Waals surface area contributed by atoms with E-state index in [1.165, 1.54) is 18.7 Å². The van der Waals surface area contributed by atoms with E-state index in [4.69, 9.17) is 5.11 Å². The van der Waals surface area contributed by atoms with Gasteiger partial charge in [-0.25, -0.2) is 0 Å². The number of carboxylic acids is 1. The van der Waals surface area contributed by atoms with Crippen LogP contribution >= 0.6 is 11.8 Å². The minimum Gasteiger partial charge on any atom is -0.480 e. The molecule has 0 spiro atoms. The first-order valence-corrected chi connectivity index (χ1v) is 5.83. The van der Waals surface area contributed by atoms with Crippen LogP contribution in [0.25, 0.3) is 0 Å². The number of thioether (sulfide) groups is 1. The van der Waals surface area contributed by atoms with Crippen LogP contribution < -0.4 is 5.32 Å². The zero-order valence-corrected chi connectivity index (χ0v) is 9.39. The Hall–Kier alpha value is -0.710. The highest BCUT2D eigenvalue weighted by atomic mass is 32.2. The number of carbonyl (C=O) groups is 2. The van der Waals surface area contributed by atoms with Crippen LogP contribution in [0.4, 0.5) is 0 Å².